The van der Waals surface area contributed by atoms with Crippen LogP contribution in [0.15, 0.2) is 12.1 Å². The summed E-state index contributed by atoms with van der Waals surface area (Å²) in [6.45, 7) is 0. The zero-order valence-corrected chi connectivity index (χ0v) is 8.01. The lowest BCUT2D eigenvalue weighted by atomic mass is 10.1. The Labute approximate surface area is 85.3 Å². The zero-order valence-electron chi connectivity index (χ0n) is 7.26. The Bertz CT molecular complexity index is 376. The minimum Gasteiger partial charge on any atom is -0.504 e. The molecule has 0 heterocycles. The average molecular weight is 215 g/mol. The minimum atomic E-state index is -0.846. The van der Waals surface area contributed by atoms with Gasteiger partial charge in [-0.2, -0.15) is 0 Å². The number of benzene rings is 1. The highest BCUT2D eigenvalue weighted by Crippen LogP contribution is 2.35. The van der Waals surface area contributed by atoms with Gasteiger partial charge in [-0.05, 0) is 25.0 Å². The van der Waals surface area contributed by atoms with E-state index in [1.54, 1.807) is 0 Å². The number of Topliss-reactive ketones (excluding diaryl/α,β-unsaturated/α-hetero) is 1. The van der Waals surface area contributed by atoms with Crippen LogP contribution in [-0.4, -0.2) is 10.9 Å². The molecule has 0 aliphatic heterocycles. The highest BCUT2D eigenvalue weighted by atomic mass is 35.5. The van der Waals surface area contributed by atoms with Gasteiger partial charge < -0.3 is 5.11 Å². The molecule has 0 unspecified atom stereocenters. The number of phenolic OH excluding ortho intramolecular Hbond substituents is 1. The van der Waals surface area contributed by atoms with Crippen LogP contribution in [0.1, 0.15) is 23.2 Å². The molecular weight excluding hydrogens is 207 g/mol. The lowest BCUT2D eigenvalue weighted by Crippen LogP contribution is -2.01. The fourth-order valence-corrected chi connectivity index (χ4v) is 1.50. The first kappa shape index (κ1) is 9.46. The quantitative estimate of drug-likeness (QED) is 0.769. The summed E-state index contributed by atoms with van der Waals surface area (Å²) < 4.78 is 13.0. The van der Waals surface area contributed by atoms with E-state index in [0.717, 1.165) is 18.9 Å². The summed E-state index contributed by atoms with van der Waals surface area (Å²) in [6.07, 6.45) is 1.72. The van der Waals surface area contributed by atoms with Gasteiger partial charge in [0.1, 0.15) is 0 Å². The van der Waals surface area contributed by atoms with Crippen LogP contribution in [0.4, 0.5) is 4.39 Å². The number of aromatic hydroxyl groups is 1. The van der Waals surface area contributed by atoms with Gasteiger partial charge in [-0.15, -0.1) is 0 Å². The number of halogens is 2. The molecule has 0 saturated heterocycles. The summed E-state index contributed by atoms with van der Waals surface area (Å²) in [5, 5.41) is 8.93. The Morgan fingerprint density at radius 1 is 1.50 bits per heavy atom. The van der Waals surface area contributed by atoms with Crippen molar-refractivity contribution in [3.63, 3.8) is 0 Å². The molecule has 1 aliphatic carbocycles. The molecule has 0 spiro atoms. The standard InChI is InChI=1S/C10H8ClFO2/c11-7-3-6(4-8(12)10(7)14)9(13)5-1-2-5/h3-5,14H,1-2H2. The van der Waals surface area contributed by atoms with Crippen LogP contribution in [0.3, 0.4) is 0 Å². The van der Waals surface area contributed by atoms with Gasteiger partial charge in [-0.3, -0.25) is 4.79 Å². The van der Waals surface area contributed by atoms with Crippen LogP contribution in [0, 0.1) is 11.7 Å². The van der Waals surface area contributed by atoms with E-state index in [0.29, 0.717) is 0 Å². The van der Waals surface area contributed by atoms with Crippen molar-refractivity contribution >= 4 is 17.4 Å². The van der Waals surface area contributed by atoms with E-state index < -0.39 is 11.6 Å². The Morgan fingerprint density at radius 3 is 2.64 bits per heavy atom. The number of ketones is 1. The highest BCUT2D eigenvalue weighted by molar-refractivity contribution is 6.32. The lowest BCUT2D eigenvalue weighted by molar-refractivity contribution is 0.0967. The van der Waals surface area contributed by atoms with Crippen LogP contribution in [-0.2, 0) is 0 Å². The molecule has 0 amide bonds. The number of phenols is 1. The second kappa shape index (κ2) is 3.24. The Kier molecular flexibility index (Phi) is 2.19. The summed E-state index contributed by atoms with van der Waals surface area (Å²) in [5.74, 6) is -1.51. The van der Waals surface area contributed by atoms with Crippen LogP contribution in [0.5, 0.6) is 5.75 Å². The van der Waals surface area contributed by atoms with Crippen molar-refractivity contribution in [3.05, 3.63) is 28.5 Å². The van der Waals surface area contributed by atoms with Crippen molar-refractivity contribution in [2.45, 2.75) is 12.8 Å². The van der Waals surface area contributed by atoms with E-state index in [4.69, 9.17) is 16.7 Å². The van der Waals surface area contributed by atoms with Gasteiger partial charge in [-0.1, -0.05) is 11.6 Å². The maximum atomic E-state index is 13.0. The molecule has 14 heavy (non-hydrogen) atoms. The summed E-state index contributed by atoms with van der Waals surface area (Å²) in [5.41, 5.74) is 0.243. The lowest BCUT2D eigenvalue weighted by Gasteiger charge is -2.02. The molecule has 4 heteroatoms. The summed E-state index contributed by atoms with van der Waals surface area (Å²) >= 11 is 5.55. The van der Waals surface area contributed by atoms with Gasteiger partial charge in [0.25, 0.3) is 0 Å². The molecular formula is C10H8ClFO2. The van der Waals surface area contributed by atoms with E-state index in [1.807, 2.05) is 0 Å². The van der Waals surface area contributed by atoms with Gasteiger partial charge in [0, 0.05) is 11.5 Å². The first-order chi connectivity index (χ1) is 6.59. The monoisotopic (exact) mass is 214 g/mol. The molecule has 1 saturated carbocycles. The third-order valence-corrected chi connectivity index (χ3v) is 2.54. The van der Waals surface area contributed by atoms with E-state index >= 15 is 0 Å². The van der Waals surface area contributed by atoms with E-state index in [2.05, 4.69) is 0 Å². The molecule has 1 aliphatic rings. The van der Waals surface area contributed by atoms with Crippen molar-refractivity contribution in [2.24, 2.45) is 5.92 Å². The first-order valence-electron chi connectivity index (χ1n) is 4.32. The predicted octanol–water partition coefficient (Wildman–Crippen LogP) is 2.78. The third kappa shape index (κ3) is 1.60. The van der Waals surface area contributed by atoms with Crippen molar-refractivity contribution in [1.82, 2.24) is 0 Å². The van der Waals surface area contributed by atoms with Crippen molar-refractivity contribution < 1.29 is 14.3 Å². The fraction of sp³-hybridized carbons (Fsp3) is 0.300. The molecule has 0 radical (unpaired) electrons. The second-order valence-electron chi connectivity index (χ2n) is 3.43. The van der Waals surface area contributed by atoms with Gasteiger partial charge in [0.15, 0.2) is 17.3 Å². The van der Waals surface area contributed by atoms with Gasteiger partial charge in [0.05, 0.1) is 5.02 Å². The van der Waals surface area contributed by atoms with Crippen LogP contribution in [0.25, 0.3) is 0 Å². The molecule has 2 nitrogen and oxygen atoms in total. The van der Waals surface area contributed by atoms with Crippen molar-refractivity contribution in [1.29, 1.82) is 0 Å². The van der Waals surface area contributed by atoms with Gasteiger partial charge in [0.2, 0.25) is 0 Å². The number of carbonyl (C=O) groups is 1. The largest absolute Gasteiger partial charge is 0.504 e. The molecule has 1 aromatic rings. The molecule has 1 aromatic carbocycles. The second-order valence-corrected chi connectivity index (χ2v) is 3.83. The summed E-state index contributed by atoms with van der Waals surface area (Å²) in [4.78, 5) is 11.5. The molecule has 0 bridgehead atoms. The normalized spacial score (nSPS) is 15.6. The zero-order chi connectivity index (χ0) is 10.3. The van der Waals surface area contributed by atoms with Crippen LogP contribution in [0.2, 0.25) is 5.02 Å². The number of hydrogen-bond acceptors (Lipinski definition) is 2. The minimum absolute atomic E-state index is 0.0232. The smallest absolute Gasteiger partial charge is 0.170 e. The highest BCUT2D eigenvalue weighted by Gasteiger charge is 2.31. The average Bonchev–Trinajstić information content (AvgIpc) is 2.95. The molecule has 1 N–H and O–H groups in total. The number of carbonyl (C=O) groups excluding carboxylic acids is 1. The first-order valence-corrected chi connectivity index (χ1v) is 4.69. The molecule has 0 aromatic heterocycles. The molecule has 1 fully saturated rings. The van der Waals surface area contributed by atoms with Crippen LogP contribution < -0.4 is 0 Å². The van der Waals surface area contributed by atoms with Gasteiger partial charge in [-0.25, -0.2) is 4.39 Å². The van der Waals surface area contributed by atoms with E-state index in [-0.39, 0.29) is 22.3 Å². The SMILES string of the molecule is O=C(c1cc(F)c(O)c(Cl)c1)C1CC1. The fourth-order valence-electron chi connectivity index (χ4n) is 1.29. The van der Waals surface area contributed by atoms with E-state index in [1.165, 1.54) is 6.07 Å². The van der Waals surface area contributed by atoms with Crippen LogP contribution >= 0.6 is 11.6 Å². The maximum Gasteiger partial charge on any atom is 0.170 e. The van der Waals surface area contributed by atoms with Crippen molar-refractivity contribution in [3.8, 4) is 5.75 Å². The third-order valence-electron chi connectivity index (χ3n) is 2.25. The Morgan fingerprint density at radius 2 is 2.14 bits per heavy atom. The summed E-state index contributed by atoms with van der Waals surface area (Å²) in [7, 11) is 0. The van der Waals surface area contributed by atoms with E-state index in [9.17, 15) is 9.18 Å². The maximum absolute atomic E-state index is 13.0. The van der Waals surface area contributed by atoms with Gasteiger partial charge >= 0.3 is 0 Å². The number of rotatable bonds is 2. The Hall–Kier alpha value is -1.09. The number of hydrogen-bond donors (Lipinski definition) is 1. The van der Waals surface area contributed by atoms with Crippen molar-refractivity contribution in [2.75, 3.05) is 0 Å². The Balaban J connectivity index is 2.39. The summed E-state index contributed by atoms with van der Waals surface area (Å²) in [6, 6.07) is 2.34. The molecule has 0 atom stereocenters. The predicted molar refractivity (Wildman–Crippen MR) is 50.1 cm³/mol. The molecule has 2 rings (SSSR count). The topological polar surface area (TPSA) is 37.3 Å². The molecule has 74 valence electrons.